The Morgan fingerprint density at radius 2 is 1.86 bits per heavy atom. The van der Waals surface area contributed by atoms with Crippen LogP contribution in [0.1, 0.15) is 25.3 Å². The van der Waals surface area contributed by atoms with Crippen LogP contribution in [0.4, 0.5) is 15.8 Å². The number of amides is 1. The van der Waals surface area contributed by atoms with Gasteiger partial charge in [-0.2, -0.15) is 0 Å². The molecule has 2 aromatic carbocycles. The van der Waals surface area contributed by atoms with E-state index in [-0.39, 0.29) is 23.7 Å². The number of nitrogens with one attached hydrogen (secondary N) is 2. The highest BCUT2D eigenvalue weighted by Crippen LogP contribution is 2.37. The van der Waals surface area contributed by atoms with Crippen molar-refractivity contribution in [1.29, 1.82) is 0 Å². The third-order valence-corrected chi connectivity index (χ3v) is 6.97. The Hall–Kier alpha value is -3.91. The summed E-state index contributed by atoms with van der Waals surface area (Å²) in [6, 6.07) is 16.5. The van der Waals surface area contributed by atoms with Crippen LogP contribution < -0.4 is 16.0 Å². The number of hydrogen-bond donors (Lipinski definition) is 3. The number of fused-ring (bicyclic) bond motifs is 1. The van der Waals surface area contributed by atoms with E-state index in [0.717, 1.165) is 33.4 Å². The number of aromatic nitrogens is 2. The van der Waals surface area contributed by atoms with Gasteiger partial charge in [-0.15, -0.1) is 0 Å². The Morgan fingerprint density at radius 3 is 2.57 bits per heavy atom. The minimum absolute atomic E-state index is 0.115. The first-order valence-electron chi connectivity index (χ1n) is 12.8. The molecular weight excluding hydrogens is 467 g/mol. The van der Waals surface area contributed by atoms with Crippen molar-refractivity contribution in [1.82, 2.24) is 20.2 Å². The molecule has 0 radical (unpaired) electrons. The molecule has 8 heteroatoms. The Kier molecular flexibility index (Phi) is 7.10. The Labute approximate surface area is 216 Å². The summed E-state index contributed by atoms with van der Waals surface area (Å²) in [6.45, 7) is 7.27. The predicted molar refractivity (Wildman–Crippen MR) is 147 cm³/mol. The molecule has 0 spiro atoms. The van der Waals surface area contributed by atoms with E-state index in [1.54, 1.807) is 12.3 Å². The molecular formula is C29H33FN6O. The highest BCUT2D eigenvalue weighted by atomic mass is 19.1. The largest absolute Gasteiger partial charge is 0.399 e. The van der Waals surface area contributed by atoms with E-state index in [1.165, 1.54) is 12.1 Å². The molecule has 1 saturated heterocycles. The molecule has 5 rings (SSSR count). The van der Waals surface area contributed by atoms with Crippen LogP contribution >= 0.6 is 0 Å². The zero-order valence-corrected chi connectivity index (χ0v) is 21.2. The number of anilines is 2. The summed E-state index contributed by atoms with van der Waals surface area (Å²) in [4.78, 5) is 25.7. The number of carbonyl (C=O) groups is 1. The quantitative estimate of drug-likeness (QED) is 0.328. The maximum atomic E-state index is 14.1. The second kappa shape index (κ2) is 10.6. The smallest absolute Gasteiger partial charge is 0.231 e. The summed E-state index contributed by atoms with van der Waals surface area (Å²) >= 11 is 0. The molecule has 37 heavy (non-hydrogen) atoms. The Morgan fingerprint density at radius 1 is 1.11 bits per heavy atom. The van der Waals surface area contributed by atoms with Gasteiger partial charge in [-0.1, -0.05) is 38.1 Å². The topological polar surface area (TPSA) is 90.3 Å². The van der Waals surface area contributed by atoms with E-state index in [9.17, 15) is 9.18 Å². The number of halogens is 1. The van der Waals surface area contributed by atoms with Crippen molar-refractivity contribution in [3.63, 3.8) is 0 Å². The van der Waals surface area contributed by atoms with Gasteiger partial charge >= 0.3 is 0 Å². The van der Waals surface area contributed by atoms with Gasteiger partial charge in [0.15, 0.2) is 0 Å². The lowest BCUT2D eigenvalue weighted by molar-refractivity contribution is -0.133. The molecule has 3 heterocycles. The molecule has 0 aliphatic carbocycles. The van der Waals surface area contributed by atoms with Gasteiger partial charge in [-0.05, 0) is 41.5 Å². The first-order valence-corrected chi connectivity index (χ1v) is 12.8. The minimum Gasteiger partial charge on any atom is -0.399 e. The number of hydrogen-bond acceptors (Lipinski definition) is 5. The SMILES string of the molecule is CC(C)NC[C@@H](C(=O)N1CCN(c2c(-c3cccc(F)c3)cnc3[nH]ccc23)CC1)c1ccc(N)cc1. The zero-order valence-electron chi connectivity index (χ0n) is 21.2. The van der Waals surface area contributed by atoms with Crippen molar-refractivity contribution in [3.05, 3.63) is 78.4 Å². The van der Waals surface area contributed by atoms with Gasteiger partial charge in [-0.25, -0.2) is 9.37 Å². The molecule has 0 unspecified atom stereocenters. The average Bonchev–Trinajstić information content (AvgIpc) is 3.38. The molecule has 0 bridgehead atoms. The van der Waals surface area contributed by atoms with E-state index in [4.69, 9.17) is 5.73 Å². The average molecular weight is 501 g/mol. The maximum Gasteiger partial charge on any atom is 0.231 e. The van der Waals surface area contributed by atoms with E-state index in [0.29, 0.717) is 38.4 Å². The fourth-order valence-electron chi connectivity index (χ4n) is 5.00. The number of H-pyrrole nitrogens is 1. The lowest BCUT2D eigenvalue weighted by Crippen LogP contribution is -2.51. The summed E-state index contributed by atoms with van der Waals surface area (Å²) in [6.07, 6.45) is 3.67. The lowest BCUT2D eigenvalue weighted by Gasteiger charge is -2.38. The molecule has 1 atom stereocenters. The molecule has 4 aromatic rings. The van der Waals surface area contributed by atoms with Crippen LogP contribution in [0, 0.1) is 5.82 Å². The van der Waals surface area contributed by atoms with Crippen LogP contribution in [0.5, 0.6) is 0 Å². The minimum atomic E-state index is -0.283. The van der Waals surface area contributed by atoms with Gasteiger partial charge in [0.2, 0.25) is 5.91 Å². The number of nitrogens with two attached hydrogens (primary N) is 1. The summed E-state index contributed by atoms with van der Waals surface area (Å²) < 4.78 is 14.1. The number of aromatic amines is 1. The fourth-order valence-corrected chi connectivity index (χ4v) is 5.00. The van der Waals surface area contributed by atoms with Gasteiger partial charge in [0, 0.05) is 67.8 Å². The van der Waals surface area contributed by atoms with Crippen LogP contribution in [0.3, 0.4) is 0 Å². The highest BCUT2D eigenvalue weighted by Gasteiger charge is 2.30. The summed E-state index contributed by atoms with van der Waals surface area (Å²) in [7, 11) is 0. The van der Waals surface area contributed by atoms with Crippen molar-refractivity contribution in [2.45, 2.75) is 25.8 Å². The van der Waals surface area contributed by atoms with Gasteiger partial charge in [0.1, 0.15) is 11.5 Å². The van der Waals surface area contributed by atoms with Crippen LogP contribution in [0.15, 0.2) is 67.0 Å². The van der Waals surface area contributed by atoms with Gasteiger partial charge in [-0.3, -0.25) is 4.79 Å². The van der Waals surface area contributed by atoms with Crippen molar-refractivity contribution < 1.29 is 9.18 Å². The molecule has 4 N–H and O–H groups in total. The number of piperazine rings is 1. The van der Waals surface area contributed by atoms with E-state index >= 15 is 0 Å². The Bertz CT molecular complexity index is 1370. The second-order valence-electron chi connectivity index (χ2n) is 9.87. The van der Waals surface area contributed by atoms with E-state index in [2.05, 4.69) is 34.0 Å². The third kappa shape index (κ3) is 5.29. The highest BCUT2D eigenvalue weighted by molar-refractivity contribution is 5.99. The molecule has 192 valence electrons. The van der Waals surface area contributed by atoms with Crippen LogP contribution in [0.2, 0.25) is 0 Å². The summed E-state index contributed by atoms with van der Waals surface area (Å²) in [5, 5.41) is 4.42. The number of nitrogen functional groups attached to an aromatic ring is 1. The second-order valence-corrected chi connectivity index (χ2v) is 9.87. The number of pyridine rings is 1. The fraction of sp³-hybridized carbons (Fsp3) is 0.310. The first-order chi connectivity index (χ1) is 17.9. The normalized spacial score (nSPS) is 14.9. The summed E-state index contributed by atoms with van der Waals surface area (Å²) in [5.41, 5.74) is 11.0. The van der Waals surface area contributed by atoms with Crippen LogP contribution in [-0.4, -0.2) is 59.5 Å². The van der Waals surface area contributed by atoms with Crippen molar-refractivity contribution in [3.8, 4) is 11.1 Å². The monoisotopic (exact) mass is 500 g/mol. The predicted octanol–water partition coefficient (Wildman–Crippen LogP) is 4.38. The van der Waals surface area contributed by atoms with Crippen LogP contribution in [0.25, 0.3) is 22.2 Å². The summed E-state index contributed by atoms with van der Waals surface area (Å²) in [5.74, 6) is -0.448. The molecule has 1 aliphatic rings. The lowest BCUT2D eigenvalue weighted by atomic mass is 9.96. The van der Waals surface area contributed by atoms with Gasteiger partial charge in [0.25, 0.3) is 0 Å². The van der Waals surface area contributed by atoms with Crippen LogP contribution in [-0.2, 0) is 4.79 Å². The van der Waals surface area contributed by atoms with E-state index in [1.807, 2.05) is 47.5 Å². The van der Waals surface area contributed by atoms with Gasteiger partial charge < -0.3 is 25.8 Å². The third-order valence-electron chi connectivity index (χ3n) is 6.97. The maximum absolute atomic E-state index is 14.1. The zero-order chi connectivity index (χ0) is 25.9. The molecule has 7 nitrogen and oxygen atoms in total. The van der Waals surface area contributed by atoms with Crippen molar-refractivity contribution >= 4 is 28.3 Å². The number of rotatable bonds is 7. The van der Waals surface area contributed by atoms with Gasteiger partial charge in [0.05, 0.1) is 11.6 Å². The van der Waals surface area contributed by atoms with Crippen molar-refractivity contribution in [2.75, 3.05) is 43.4 Å². The molecule has 1 aliphatic heterocycles. The number of carbonyl (C=O) groups excluding carboxylic acids is 1. The molecule has 2 aromatic heterocycles. The number of benzene rings is 2. The van der Waals surface area contributed by atoms with E-state index < -0.39 is 0 Å². The molecule has 0 saturated carbocycles. The Balaban J connectivity index is 1.39. The molecule has 1 amide bonds. The number of nitrogens with zero attached hydrogens (tertiary/aromatic N) is 3. The standard InChI is InChI=1S/C29H33FN6O/c1-19(2)33-18-26(20-6-8-23(31)9-7-20)29(37)36-14-12-35(13-15-36)27-24-10-11-32-28(24)34-17-25(27)21-4-3-5-22(30)16-21/h3-11,16-17,19,26,33H,12-15,18,31H2,1-2H3,(H,32,34)/t26-/m1/s1. The first kappa shape index (κ1) is 24.8. The van der Waals surface area contributed by atoms with Crippen molar-refractivity contribution in [2.24, 2.45) is 0 Å². The molecule has 1 fully saturated rings.